The van der Waals surface area contributed by atoms with Crippen LogP contribution >= 0.6 is 0 Å². The third-order valence-electron chi connectivity index (χ3n) is 6.42. The average Bonchev–Trinajstić information content (AvgIpc) is 2.97. The van der Waals surface area contributed by atoms with Crippen molar-refractivity contribution in [2.24, 2.45) is 11.8 Å². The predicted molar refractivity (Wildman–Crippen MR) is 98.1 cm³/mol. The van der Waals surface area contributed by atoms with E-state index in [1.807, 2.05) is 7.05 Å². The largest absolute Gasteiger partial charge is 0.658 e. The van der Waals surface area contributed by atoms with Crippen LogP contribution in [0.15, 0.2) is 49.2 Å². The van der Waals surface area contributed by atoms with E-state index in [0.29, 0.717) is 17.8 Å². The smallest absolute Gasteiger partial charge is 0.0459 e. The monoisotopic (exact) mass is 305 g/mol. The second-order valence-corrected chi connectivity index (χ2v) is 7.68. The fourth-order valence-electron chi connectivity index (χ4n) is 5.16. The molecule has 0 aliphatic heterocycles. The summed E-state index contributed by atoms with van der Waals surface area (Å²) in [7, 11) is 1.94. The maximum Gasteiger partial charge on any atom is 0.0459 e. The van der Waals surface area contributed by atoms with Gasteiger partial charge in [-0.25, -0.2) is 0 Å². The van der Waals surface area contributed by atoms with Gasteiger partial charge in [-0.15, -0.1) is 19.2 Å². The number of fused-ring (bicyclic) bond motifs is 2. The second-order valence-electron chi connectivity index (χ2n) is 7.68. The fraction of sp³-hybridized carbons (Fsp3) is 0.429. The van der Waals surface area contributed by atoms with Gasteiger partial charge in [-0.3, -0.25) is 0 Å². The molecule has 1 heterocycles. The molecule has 0 spiro atoms. The molecule has 0 radical (unpaired) electrons. The van der Waals surface area contributed by atoms with Gasteiger partial charge in [0.25, 0.3) is 0 Å². The zero-order valence-corrected chi connectivity index (χ0v) is 14.3. The Morgan fingerprint density at radius 2 is 2.13 bits per heavy atom. The van der Waals surface area contributed by atoms with Gasteiger partial charge < -0.3 is 10.3 Å². The molecule has 4 rings (SSSR count). The zero-order valence-electron chi connectivity index (χ0n) is 14.3. The van der Waals surface area contributed by atoms with Gasteiger partial charge in [0.2, 0.25) is 0 Å². The zero-order chi connectivity index (χ0) is 16.4. The number of aromatic amines is 1. The molecule has 2 heteroatoms. The molecule has 23 heavy (non-hydrogen) atoms. The first-order valence-corrected chi connectivity index (χ1v) is 8.51. The predicted octanol–water partition coefficient (Wildman–Crippen LogP) is 5.29. The van der Waals surface area contributed by atoms with Crippen LogP contribution in [0.2, 0.25) is 0 Å². The summed E-state index contributed by atoms with van der Waals surface area (Å²) in [6.07, 6.45) is 5.40. The molecule has 4 atom stereocenters. The Balaban J connectivity index is 1.99. The van der Waals surface area contributed by atoms with Crippen molar-refractivity contribution in [1.29, 1.82) is 0 Å². The molecule has 4 unspecified atom stereocenters. The normalized spacial score (nSPS) is 31.9. The lowest BCUT2D eigenvalue weighted by Gasteiger charge is -2.56. The minimum Gasteiger partial charge on any atom is -0.658 e. The second kappa shape index (κ2) is 4.85. The summed E-state index contributed by atoms with van der Waals surface area (Å²) in [5.74, 6) is 1.34. The van der Waals surface area contributed by atoms with Gasteiger partial charge in [0, 0.05) is 17.1 Å². The molecule has 0 bridgehead atoms. The molecule has 0 amide bonds. The molecular formula is C21H25N2-. The number of nitrogens with one attached hydrogen (secondary N) is 1. The summed E-state index contributed by atoms with van der Waals surface area (Å²) in [5, 5.41) is 6.17. The van der Waals surface area contributed by atoms with Crippen molar-refractivity contribution in [2.75, 3.05) is 7.05 Å². The van der Waals surface area contributed by atoms with Gasteiger partial charge >= 0.3 is 0 Å². The maximum atomic E-state index is 4.75. The molecular weight excluding hydrogens is 280 g/mol. The van der Waals surface area contributed by atoms with Gasteiger partial charge in [-0.05, 0) is 46.8 Å². The minimum absolute atomic E-state index is 0.129. The van der Waals surface area contributed by atoms with Gasteiger partial charge in [-0.2, -0.15) is 7.05 Å². The van der Waals surface area contributed by atoms with E-state index in [9.17, 15) is 0 Å². The van der Waals surface area contributed by atoms with Crippen molar-refractivity contribution in [3.8, 4) is 0 Å². The van der Waals surface area contributed by atoms with Crippen molar-refractivity contribution >= 4 is 10.9 Å². The Morgan fingerprint density at radius 1 is 1.35 bits per heavy atom. The van der Waals surface area contributed by atoms with Crippen LogP contribution in [0.4, 0.5) is 0 Å². The van der Waals surface area contributed by atoms with Crippen molar-refractivity contribution in [3.05, 3.63) is 65.6 Å². The molecule has 1 aromatic carbocycles. The van der Waals surface area contributed by atoms with Gasteiger partial charge in [0.1, 0.15) is 0 Å². The Morgan fingerprint density at radius 3 is 2.83 bits per heavy atom. The molecule has 2 aromatic rings. The Labute approximate surface area is 138 Å². The van der Waals surface area contributed by atoms with Crippen LogP contribution < -0.4 is 0 Å². The minimum atomic E-state index is 0.129. The molecule has 2 aliphatic rings. The van der Waals surface area contributed by atoms with Crippen LogP contribution in [0.5, 0.6) is 0 Å². The quantitative estimate of drug-likeness (QED) is 0.730. The van der Waals surface area contributed by atoms with Crippen molar-refractivity contribution in [3.63, 3.8) is 0 Å². The Bertz CT molecular complexity index is 795. The highest BCUT2D eigenvalue weighted by Gasteiger charge is 2.48. The van der Waals surface area contributed by atoms with Crippen molar-refractivity contribution < 1.29 is 0 Å². The van der Waals surface area contributed by atoms with E-state index in [1.54, 1.807) is 0 Å². The van der Waals surface area contributed by atoms with Gasteiger partial charge in [0.15, 0.2) is 0 Å². The molecule has 120 valence electrons. The number of benzene rings is 1. The van der Waals surface area contributed by atoms with Crippen LogP contribution in [0.1, 0.15) is 37.3 Å². The molecule has 1 saturated carbocycles. The summed E-state index contributed by atoms with van der Waals surface area (Å²) < 4.78 is 0. The topological polar surface area (TPSA) is 29.9 Å². The molecule has 1 aromatic heterocycles. The lowest BCUT2D eigenvalue weighted by atomic mass is 9.53. The van der Waals surface area contributed by atoms with Crippen LogP contribution in [-0.2, 0) is 5.41 Å². The van der Waals surface area contributed by atoms with Gasteiger partial charge in [0.05, 0.1) is 0 Å². The van der Waals surface area contributed by atoms with Crippen LogP contribution in [0.3, 0.4) is 0 Å². The first kappa shape index (κ1) is 14.8. The molecule has 1 fully saturated rings. The first-order chi connectivity index (χ1) is 11.0. The summed E-state index contributed by atoms with van der Waals surface area (Å²) in [4.78, 5) is 3.48. The van der Waals surface area contributed by atoms with E-state index in [2.05, 4.69) is 62.5 Å². The van der Waals surface area contributed by atoms with E-state index in [0.717, 1.165) is 6.42 Å². The lowest BCUT2D eigenvalue weighted by Crippen LogP contribution is -2.46. The number of H-pyrrole nitrogens is 1. The third kappa shape index (κ3) is 1.79. The number of hydrogen-bond acceptors (Lipinski definition) is 0. The number of rotatable bonds is 2. The van der Waals surface area contributed by atoms with Crippen molar-refractivity contribution in [1.82, 2.24) is 4.98 Å². The summed E-state index contributed by atoms with van der Waals surface area (Å²) >= 11 is 0. The highest BCUT2D eigenvalue weighted by molar-refractivity contribution is 5.89. The number of aromatic nitrogens is 1. The fourth-order valence-corrected chi connectivity index (χ4v) is 5.16. The van der Waals surface area contributed by atoms with Crippen molar-refractivity contribution in [2.45, 2.75) is 37.6 Å². The Kier molecular flexibility index (Phi) is 3.11. The lowest BCUT2D eigenvalue weighted by molar-refractivity contribution is 0.194. The molecule has 2 aliphatic carbocycles. The number of allylic oxidation sites excluding steroid dienone is 1. The molecule has 0 saturated heterocycles. The summed E-state index contributed by atoms with van der Waals surface area (Å²) in [6, 6.07) is 6.85. The van der Waals surface area contributed by atoms with E-state index in [-0.39, 0.29) is 11.5 Å². The maximum absolute atomic E-state index is 4.75. The summed E-state index contributed by atoms with van der Waals surface area (Å²) in [6.45, 7) is 13.2. The van der Waals surface area contributed by atoms with E-state index in [4.69, 9.17) is 5.32 Å². The number of likely N-dealkylation sites (N-methyl/N-ethyl adjacent to an activating group) is 1. The van der Waals surface area contributed by atoms with Crippen LogP contribution in [0, 0.1) is 11.8 Å². The molecule has 1 N–H and O–H groups in total. The SMILES string of the molecule is C=CC1CC2C(c3c[nH]c4cccc(c34)C2(C)C)C([N-]C)C1=C. The van der Waals surface area contributed by atoms with Gasteiger partial charge in [-0.1, -0.05) is 37.6 Å². The van der Waals surface area contributed by atoms with E-state index in [1.165, 1.54) is 27.6 Å². The van der Waals surface area contributed by atoms with E-state index >= 15 is 0 Å². The standard InChI is InChI=1S/C21H25N2/c1-6-13-10-16-19(20(22-5)12(13)2)14-11-23-17-9-7-8-15(18(14)17)21(16,3)4/h6-9,11,13,16,19-20,23H,1-2,10H2,3-5H3/q-1. The van der Waals surface area contributed by atoms with Crippen LogP contribution in [-0.4, -0.2) is 18.1 Å². The average molecular weight is 305 g/mol. The number of nitrogens with zero attached hydrogens (tertiary/aromatic N) is 1. The highest BCUT2D eigenvalue weighted by Crippen LogP contribution is 2.58. The molecule has 2 nitrogen and oxygen atoms in total. The number of hydrogen-bond donors (Lipinski definition) is 1. The first-order valence-electron chi connectivity index (χ1n) is 8.51. The third-order valence-corrected chi connectivity index (χ3v) is 6.42. The highest BCUT2D eigenvalue weighted by atomic mass is 14.9. The van der Waals surface area contributed by atoms with E-state index < -0.39 is 0 Å². The Hall–Kier alpha value is -1.80. The summed E-state index contributed by atoms with van der Waals surface area (Å²) in [5.41, 5.74) is 5.50. The van der Waals surface area contributed by atoms with Crippen LogP contribution in [0.25, 0.3) is 16.2 Å².